The van der Waals surface area contributed by atoms with Crippen molar-refractivity contribution in [3.63, 3.8) is 0 Å². The zero-order valence-corrected chi connectivity index (χ0v) is 13.5. The lowest BCUT2D eigenvalue weighted by atomic mass is 9.90. The van der Waals surface area contributed by atoms with Crippen molar-refractivity contribution in [2.75, 3.05) is 27.2 Å². The molecule has 120 valence electrons. The molecule has 0 spiro atoms. The molecule has 21 heavy (non-hydrogen) atoms. The summed E-state index contributed by atoms with van der Waals surface area (Å²) in [7, 11) is 3.83. The summed E-state index contributed by atoms with van der Waals surface area (Å²) >= 11 is 0. The van der Waals surface area contributed by atoms with Crippen molar-refractivity contribution in [3.05, 3.63) is 0 Å². The van der Waals surface area contributed by atoms with E-state index >= 15 is 0 Å². The Hall–Kier alpha value is -0.610. The van der Waals surface area contributed by atoms with Gasteiger partial charge in [0.2, 0.25) is 5.91 Å². The summed E-state index contributed by atoms with van der Waals surface area (Å²) in [5, 5.41) is 3.42. The Balaban J connectivity index is 1.47. The Morgan fingerprint density at radius 3 is 2.38 bits per heavy atom. The third-order valence-electron chi connectivity index (χ3n) is 6.02. The maximum Gasteiger partial charge on any atom is 0.225 e. The Kier molecular flexibility index (Phi) is 4.85. The maximum absolute atomic E-state index is 12.7. The highest BCUT2D eigenvalue weighted by molar-refractivity contribution is 5.81. The third kappa shape index (κ3) is 3.42. The Morgan fingerprint density at radius 1 is 1.10 bits per heavy atom. The molecule has 1 saturated heterocycles. The molecule has 0 unspecified atom stereocenters. The number of ether oxygens (including phenoxy) is 1. The standard InChI is InChI=1S/C17H30N2O2/c1-19(13-3-5-14(21-2)6-4-13)17(20)16-11-15(16)12-7-9-18-10-8-12/h12-16,18H,3-11H2,1-2H3/t13?,14?,15-,16+/m0/s1. The lowest BCUT2D eigenvalue weighted by Gasteiger charge is -2.34. The third-order valence-corrected chi connectivity index (χ3v) is 6.02. The lowest BCUT2D eigenvalue weighted by Crippen LogP contribution is -2.41. The Labute approximate surface area is 128 Å². The predicted molar refractivity (Wildman–Crippen MR) is 83.0 cm³/mol. The predicted octanol–water partition coefficient (Wildman–Crippen LogP) is 2.04. The minimum absolute atomic E-state index is 0.332. The number of methoxy groups -OCH3 is 1. The molecule has 3 aliphatic rings. The molecule has 2 saturated carbocycles. The Bertz CT molecular complexity index is 360. The van der Waals surface area contributed by atoms with Crippen LogP contribution in [0.25, 0.3) is 0 Å². The summed E-state index contributed by atoms with van der Waals surface area (Å²) in [5.41, 5.74) is 0. The zero-order chi connectivity index (χ0) is 14.8. The molecule has 2 atom stereocenters. The number of nitrogens with one attached hydrogen (secondary N) is 1. The number of nitrogens with zero attached hydrogens (tertiary/aromatic N) is 1. The fourth-order valence-electron chi connectivity index (χ4n) is 4.40. The van der Waals surface area contributed by atoms with Crippen LogP contribution in [0.5, 0.6) is 0 Å². The molecule has 3 rings (SSSR count). The first-order valence-electron chi connectivity index (χ1n) is 8.71. The summed E-state index contributed by atoms with van der Waals surface area (Å²) in [6, 6.07) is 0.443. The molecule has 0 aromatic heterocycles. The van der Waals surface area contributed by atoms with Gasteiger partial charge in [-0.3, -0.25) is 4.79 Å². The molecular formula is C17H30N2O2. The molecular weight excluding hydrogens is 264 g/mol. The molecule has 1 aliphatic heterocycles. The smallest absolute Gasteiger partial charge is 0.225 e. The van der Waals surface area contributed by atoms with E-state index in [1.807, 2.05) is 7.05 Å². The van der Waals surface area contributed by atoms with Gasteiger partial charge in [0, 0.05) is 26.1 Å². The van der Waals surface area contributed by atoms with E-state index < -0.39 is 0 Å². The normalized spacial score (nSPS) is 37.2. The van der Waals surface area contributed by atoms with Gasteiger partial charge in [0.25, 0.3) is 0 Å². The Morgan fingerprint density at radius 2 is 1.76 bits per heavy atom. The van der Waals surface area contributed by atoms with E-state index in [-0.39, 0.29) is 0 Å². The molecule has 3 fully saturated rings. The van der Waals surface area contributed by atoms with E-state index in [0.717, 1.165) is 51.1 Å². The van der Waals surface area contributed by atoms with E-state index in [4.69, 9.17) is 4.74 Å². The number of hydrogen-bond acceptors (Lipinski definition) is 3. The molecule has 2 aliphatic carbocycles. The van der Waals surface area contributed by atoms with Gasteiger partial charge in [-0.15, -0.1) is 0 Å². The van der Waals surface area contributed by atoms with Crippen molar-refractivity contribution < 1.29 is 9.53 Å². The molecule has 4 heteroatoms. The quantitative estimate of drug-likeness (QED) is 0.863. The molecule has 0 radical (unpaired) electrons. The largest absolute Gasteiger partial charge is 0.381 e. The highest BCUT2D eigenvalue weighted by atomic mass is 16.5. The number of amides is 1. The first-order chi connectivity index (χ1) is 10.2. The SMILES string of the molecule is COC1CCC(N(C)C(=O)[C@@H]2C[C@H]2C2CCNCC2)CC1. The van der Waals surface area contributed by atoms with Crippen molar-refractivity contribution >= 4 is 5.91 Å². The number of rotatable bonds is 4. The first-order valence-corrected chi connectivity index (χ1v) is 8.71. The molecule has 1 heterocycles. The molecule has 1 N–H and O–H groups in total. The van der Waals surface area contributed by atoms with Gasteiger partial charge in [-0.2, -0.15) is 0 Å². The minimum atomic E-state index is 0.332. The zero-order valence-electron chi connectivity index (χ0n) is 13.5. The van der Waals surface area contributed by atoms with Crippen LogP contribution in [0.4, 0.5) is 0 Å². The van der Waals surface area contributed by atoms with Gasteiger partial charge < -0.3 is 15.0 Å². The van der Waals surface area contributed by atoms with Crippen LogP contribution in [0.1, 0.15) is 44.9 Å². The second-order valence-electron chi connectivity index (χ2n) is 7.21. The van der Waals surface area contributed by atoms with Gasteiger partial charge in [0.1, 0.15) is 0 Å². The average Bonchev–Trinajstić information content (AvgIpc) is 3.35. The van der Waals surface area contributed by atoms with Gasteiger partial charge in [-0.1, -0.05) is 0 Å². The van der Waals surface area contributed by atoms with E-state index in [1.165, 1.54) is 12.8 Å². The van der Waals surface area contributed by atoms with Crippen LogP contribution >= 0.6 is 0 Å². The molecule has 0 aromatic carbocycles. The molecule has 1 amide bonds. The van der Waals surface area contributed by atoms with Crippen LogP contribution in [0.3, 0.4) is 0 Å². The van der Waals surface area contributed by atoms with Crippen molar-refractivity contribution in [1.29, 1.82) is 0 Å². The second-order valence-corrected chi connectivity index (χ2v) is 7.21. The summed E-state index contributed by atoms with van der Waals surface area (Å²) in [6.07, 6.45) is 8.47. The number of carbonyl (C=O) groups excluding carboxylic acids is 1. The van der Waals surface area contributed by atoms with E-state index in [1.54, 1.807) is 7.11 Å². The first kappa shape index (κ1) is 15.3. The summed E-state index contributed by atoms with van der Waals surface area (Å²) in [6.45, 7) is 2.28. The van der Waals surface area contributed by atoms with Crippen LogP contribution in [-0.2, 0) is 9.53 Å². The van der Waals surface area contributed by atoms with Gasteiger partial charge >= 0.3 is 0 Å². The molecule has 0 bridgehead atoms. The summed E-state index contributed by atoms with van der Waals surface area (Å²) < 4.78 is 5.43. The summed E-state index contributed by atoms with van der Waals surface area (Å²) in [5.74, 6) is 2.22. The number of piperidine rings is 1. The van der Waals surface area contributed by atoms with Crippen LogP contribution in [0.2, 0.25) is 0 Å². The fourth-order valence-corrected chi connectivity index (χ4v) is 4.40. The fraction of sp³-hybridized carbons (Fsp3) is 0.941. The number of hydrogen-bond donors (Lipinski definition) is 1. The van der Waals surface area contributed by atoms with E-state index in [9.17, 15) is 4.79 Å². The van der Waals surface area contributed by atoms with Crippen LogP contribution in [0.15, 0.2) is 0 Å². The lowest BCUT2D eigenvalue weighted by molar-refractivity contribution is -0.135. The minimum Gasteiger partial charge on any atom is -0.381 e. The van der Waals surface area contributed by atoms with Crippen molar-refractivity contribution in [3.8, 4) is 0 Å². The van der Waals surface area contributed by atoms with Crippen molar-refractivity contribution in [2.45, 2.75) is 57.1 Å². The van der Waals surface area contributed by atoms with E-state index in [0.29, 0.717) is 29.9 Å². The van der Waals surface area contributed by atoms with Gasteiger partial charge in [-0.25, -0.2) is 0 Å². The van der Waals surface area contributed by atoms with Crippen molar-refractivity contribution in [2.24, 2.45) is 17.8 Å². The van der Waals surface area contributed by atoms with Crippen LogP contribution in [-0.4, -0.2) is 50.2 Å². The number of carbonyl (C=O) groups is 1. The van der Waals surface area contributed by atoms with E-state index in [2.05, 4.69) is 10.2 Å². The maximum atomic E-state index is 12.7. The van der Waals surface area contributed by atoms with Gasteiger partial charge in [0.05, 0.1) is 6.10 Å². The van der Waals surface area contributed by atoms with Crippen molar-refractivity contribution in [1.82, 2.24) is 10.2 Å². The van der Waals surface area contributed by atoms with Gasteiger partial charge in [-0.05, 0) is 69.9 Å². The van der Waals surface area contributed by atoms with Crippen LogP contribution < -0.4 is 5.32 Å². The topological polar surface area (TPSA) is 41.6 Å². The highest BCUT2D eigenvalue weighted by Gasteiger charge is 2.49. The second kappa shape index (κ2) is 6.66. The highest BCUT2D eigenvalue weighted by Crippen LogP contribution is 2.48. The molecule has 0 aromatic rings. The average molecular weight is 294 g/mol. The monoisotopic (exact) mass is 294 g/mol. The van der Waals surface area contributed by atoms with Crippen LogP contribution in [0, 0.1) is 17.8 Å². The molecule has 4 nitrogen and oxygen atoms in total. The summed E-state index contributed by atoms with van der Waals surface area (Å²) in [4.78, 5) is 14.8. The van der Waals surface area contributed by atoms with Gasteiger partial charge in [0.15, 0.2) is 0 Å².